The Morgan fingerprint density at radius 1 is 0.875 bits per heavy atom. The number of hydrogen-bond donors (Lipinski definition) is 1. The van der Waals surface area contributed by atoms with E-state index in [-0.39, 0.29) is 6.61 Å². The Hall–Kier alpha value is -0.840. The minimum absolute atomic E-state index is 0.224. The van der Waals surface area contributed by atoms with Gasteiger partial charge in [-0.2, -0.15) is 4.57 Å². The number of ether oxygens (including phenoxy) is 2. The van der Waals surface area contributed by atoms with Crippen LogP contribution in [0.4, 0.5) is 0 Å². The molecule has 0 aliphatic carbocycles. The van der Waals surface area contributed by atoms with Crippen LogP contribution in [0.5, 0.6) is 0 Å². The van der Waals surface area contributed by atoms with Crippen LogP contribution in [-0.4, -0.2) is 57.4 Å². The highest BCUT2D eigenvalue weighted by Crippen LogP contribution is 2.13. The third-order valence-electron chi connectivity index (χ3n) is 6.69. The van der Waals surface area contributed by atoms with E-state index in [4.69, 9.17) is 27.6 Å². The highest BCUT2D eigenvalue weighted by atomic mass is 32.2. The molecule has 40 heavy (non-hydrogen) atoms. The fourth-order valence-electron chi connectivity index (χ4n) is 4.37. The van der Waals surface area contributed by atoms with Gasteiger partial charge in [-0.3, -0.25) is 0 Å². The van der Waals surface area contributed by atoms with Gasteiger partial charge in [0.15, 0.2) is 5.69 Å². The lowest BCUT2D eigenvalue weighted by atomic mass is 10.0. The Morgan fingerprint density at radius 3 is 1.75 bits per heavy atom. The van der Waals surface area contributed by atoms with Gasteiger partial charge in [-0.1, -0.05) is 108 Å². The lowest BCUT2D eigenvalue weighted by Gasteiger charge is -2.08. The van der Waals surface area contributed by atoms with E-state index in [0.29, 0.717) is 19.5 Å². The molecule has 0 aliphatic heterocycles. The van der Waals surface area contributed by atoms with Gasteiger partial charge in [-0.15, -0.1) is 0 Å². The van der Waals surface area contributed by atoms with Crippen molar-refractivity contribution in [1.29, 1.82) is 0 Å². The van der Waals surface area contributed by atoms with Crippen molar-refractivity contribution in [2.24, 2.45) is 0 Å². The van der Waals surface area contributed by atoms with Gasteiger partial charge in [0.1, 0.15) is 6.54 Å². The van der Waals surface area contributed by atoms with E-state index in [0.717, 1.165) is 51.0 Å². The number of rotatable bonds is 26. The summed E-state index contributed by atoms with van der Waals surface area (Å²) in [4.78, 5) is 1.29. The summed E-state index contributed by atoms with van der Waals surface area (Å²) < 4.78 is 41.1. The van der Waals surface area contributed by atoms with E-state index in [2.05, 4.69) is 30.5 Å². The molecule has 1 heterocycles. The molecule has 0 spiro atoms. The van der Waals surface area contributed by atoms with Crippen LogP contribution in [0.3, 0.4) is 0 Å². The van der Waals surface area contributed by atoms with Crippen LogP contribution in [0, 0.1) is 6.92 Å². The molecule has 0 saturated heterocycles. The average Bonchev–Trinajstić information content (AvgIpc) is 3.24. The zero-order valence-corrected chi connectivity index (χ0v) is 27.4. The standard InChI is InChI=1S/C30H56NO3S.CH4O3S/c1-4-5-6-7-8-9-10-11-12-13-14-15-16-18-23-33-25-28(2)26-34-24-19-17-21-31-27-35-30(20-22-32)29(31)3;1-5(2,3)4/h27,32H,2,4-26H2,1,3H3;1H3,(H,2,3,4)/q+1;/p-1. The van der Waals surface area contributed by atoms with Gasteiger partial charge in [0.05, 0.1) is 28.2 Å². The third-order valence-corrected chi connectivity index (χ3v) is 7.83. The summed E-state index contributed by atoms with van der Waals surface area (Å²) in [6, 6.07) is 0. The minimum Gasteiger partial charge on any atom is -0.748 e. The topological polar surface area (TPSA) is 99.8 Å². The number of aromatic nitrogens is 1. The van der Waals surface area contributed by atoms with Gasteiger partial charge >= 0.3 is 0 Å². The quantitative estimate of drug-likeness (QED) is 0.0534. The molecule has 1 aromatic rings. The monoisotopic (exact) mass is 605 g/mol. The first-order valence-corrected chi connectivity index (χ1v) is 18.2. The first-order chi connectivity index (χ1) is 19.2. The van der Waals surface area contributed by atoms with Gasteiger partial charge in [0.2, 0.25) is 5.51 Å². The number of nitrogens with zero attached hydrogens (tertiary/aromatic N) is 1. The molecule has 1 N–H and O–H groups in total. The predicted molar refractivity (Wildman–Crippen MR) is 166 cm³/mol. The molecule has 0 unspecified atom stereocenters. The molecule has 7 nitrogen and oxygen atoms in total. The second-order valence-corrected chi connectivity index (χ2v) is 13.1. The fraction of sp³-hybridized carbons (Fsp3) is 0.839. The van der Waals surface area contributed by atoms with E-state index < -0.39 is 10.1 Å². The maximum atomic E-state index is 9.11. The van der Waals surface area contributed by atoms with Gasteiger partial charge in [-0.05, 0) is 18.4 Å². The highest BCUT2D eigenvalue weighted by Gasteiger charge is 2.13. The number of aliphatic hydroxyl groups is 1. The second kappa shape index (κ2) is 27.0. The number of thiazole rings is 1. The van der Waals surface area contributed by atoms with Crippen LogP contribution in [0.2, 0.25) is 0 Å². The van der Waals surface area contributed by atoms with Crippen molar-refractivity contribution >= 4 is 21.5 Å². The Kier molecular flexibility index (Phi) is 26.5. The smallest absolute Gasteiger partial charge is 0.225 e. The summed E-state index contributed by atoms with van der Waals surface area (Å²) in [5.41, 5.74) is 4.49. The summed E-state index contributed by atoms with van der Waals surface area (Å²) in [5.74, 6) is 0. The molecule has 1 aromatic heterocycles. The zero-order chi connectivity index (χ0) is 29.9. The highest BCUT2D eigenvalue weighted by molar-refractivity contribution is 7.84. The van der Waals surface area contributed by atoms with E-state index in [1.807, 2.05) is 0 Å². The number of aliphatic hydroxyl groups excluding tert-OH is 1. The predicted octanol–water partition coefficient (Wildman–Crippen LogP) is 6.89. The molecule has 1 rings (SSSR count). The SMILES string of the molecule is C=C(COCCCCCCCCCCCCCCCC)COCCCC[n+]1csc(CCO)c1C.CS(=O)(=O)[O-]. The summed E-state index contributed by atoms with van der Waals surface area (Å²) in [6.07, 6.45) is 22.9. The lowest BCUT2D eigenvalue weighted by molar-refractivity contribution is -0.698. The van der Waals surface area contributed by atoms with Crippen LogP contribution in [0.25, 0.3) is 0 Å². The molecular formula is C31H59NO6S2. The van der Waals surface area contributed by atoms with Crippen LogP contribution in [0.15, 0.2) is 17.7 Å². The van der Waals surface area contributed by atoms with Crippen LogP contribution in [0.1, 0.15) is 120 Å². The summed E-state index contributed by atoms with van der Waals surface area (Å²) in [6.45, 7) is 12.6. The molecule has 0 amide bonds. The van der Waals surface area contributed by atoms with E-state index in [1.54, 1.807) is 11.3 Å². The normalized spacial score (nSPS) is 11.4. The number of hydrogen-bond acceptors (Lipinski definition) is 7. The number of unbranched alkanes of at least 4 members (excludes halogenated alkanes) is 14. The van der Waals surface area contributed by atoms with Gasteiger partial charge in [-0.25, -0.2) is 8.42 Å². The van der Waals surface area contributed by atoms with Crippen molar-refractivity contribution in [2.45, 2.75) is 130 Å². The maximum Gasteiger partial charge on any atom is 0.225 e. The van der Waals surface area contributed by atoms with Crippen molar-refractivity contribution in [3.05, 3.63) is 28.2 Å². The maximum absolute atomic E-state index is 9.11. The first kappa shape index (κ1) is 39.2. The summed E-state index contributed by atoms with van der Waals surface area (Å²) in [7, 11) is -3.92. The van der Waals surface area contributed by atoms with Crippen molar-refractivity contribution in [1.82, 2.24) is 0 Å². The van der Waals surface area contributed by atoms with E-state index in [1.165, 1.54) is 94.0 Å². The molecule has 0 fully saturated rings. The molecule has 0 bridgehead atoms. The zero-order valence-electron chi connectivity index (χ0n) is 25.8. The largest absolute Gasteiger partial charge is 0.748 e. The van der Waals surface area contributed by atoms with E-state index >= 15 is 0 Å². The van der Waals surface area contributed by atoms with Crippen molar-refractivity contribution in [3.63, 3.8) is 0 Å². The molecule has 0 aromatic carbocycles. The Balaban J connectivity index is 0.00000277. The fourth-order valence-corrected chi connectivity index (χ4v) is 5.39. The van der Waals surface area contributed by atoms with Crippen LogP contribution in [-0.2, 0) is 32.6 Å². The average molecular weight is 606 g/mol. The molecule has 9 heteroatoms. The summed E-state index contributed by atoms with van der Waals surface area (Å²) >= 11 is 1.74. The molecular weight excluding hydrogens is 546 g/mol. The van der Waals surface area contributed by atoms with Gasteiger partial charge in [0.25, 0.3) is 0 Å². The first-order valence-electron chi connectivity index (χ1n) is 15.5. The molecule has 0 aliphatic rings. The van der Waals surface area contributed by atoms with E-state index in [9.17, 15) is 0 Å². The molecule has 236 valence electrons. The van der Waals surface area contributed by atoms with Crippen LogP contribution < -0.4 is 4.57 Å². The third kappa shape index (κ3) is 27.3. The second-order valence-electron chi connectivity index (χ2n) is 10.8. The minimum atomic E-state index is -3.92. The molecule has 0 atom stereocenters. The van der Waals surface area contributed by atoms with Crippen LogP contribution >= 0.6 is 11.3 Å². The van der Waals surface area contributed by atoms with Gasteiger partial charge in [0, 0.05) is 45.8 Å². The number of aryl methyl sites for hydroxylation is 1. The van der Waals surface area contributed by atoms with Crippen molar-refractivity contribution in [3.8, 4) is 0 Å². The Morgan fingerprint density at radius 2 is 1.30 bits per heavy atom. The molecule has 0 saturated carbocycles. The van der Waals surface area contributed by atoms with Crippen molar-refractivity contribution < 1.29 is 32.1 Å². The summed E-state index contributed by atoms with van der Waals surface area (Å²) in [5, 5.41) is 9.11. The van der Waals surface area contributed by atoms with Crippen molar-refractivity contribution in [2.75, 3.05) is 39.3 Å². The molecule has 0 radical (unpaired) electrons. The lowest BCUT2D eigenvalue weighted by Crippen LogP contribution is -2.34. The Bertz CT molecular complexity index is 818. The van der Waals surface area contributed by atoms with Gasteiger partial charge < -0.3 is 19.1 Å². The Labute approximate surface area is 250 Å².